The van der Waals surface area contributed by atoms with E-state index >= 15 is 0 Å². The zero-order valence-corrected chi connectivity index (χ0v) is 19.1. The molecule has 180 valence electrons. The molecule has 3 amide bonds. The number of hydrogen-bond donors (Lipinski definition) is 1. The molecular weight excluding hydrogens is 452 g/mol. The summed E-state index contributed by atoms with van der Waals surface area (Å²) in [5.74, 6) is -1.97. The third kappa shape index (κ3) is 4.25. The first-order valence-corrected chi connectivity index (χ1v) is 11.4. The van der Waals surface area contributed by atoms with Crippen LogP contribution in [-0.2, 0) is 23.9 Å². The number of fused-ring (bicyclic) bond motifs is 4. The smallest absolute Gasteiger partial charge is 0.308 e. The summed E-state index contributed by atoms with van der Waals surface area (Å²) in [6.45, 7) is -0.571. The first-order chi connectivity index (χ1) is 17.0. The molecule has 1 saturated heterocycles. The number of likely N-dealkylation sites (tertiary alicyclic amines) is 1. The van der Waals surface area contributed by atoms with Gasteiger partial charge in [-0.1, -0.05) is 30.4 Å². The maximum Gasteiger partial charge on any atom is 0.308 e. The highest BCUT2D eigenvalue weighted by atomic mass is 16.5. The predicted molar refractivity (Wildman–Crippen MR) is 127 cm³/mol. The van der Waals surface area contributed by atoms with Crippen molar-refractivity contribution < 1.29 is 33.1 Å². The number of amides is 3. The first kappa shape index (κ1) is 22.6. The average Bonchev–Trinajstić information content (AvgIpc) is 3.35. The van der Waals surface area contributed by atoms with Crippen LogP contribution < -0.4 is 10.1 Å². The van der Waals surface area contributed by atoms with Gasteiger partial charge in [-0.05, 0) is 25.0 Å². The van der Waals surface area contributed by atoms with Crippen molar-refractivity contribution in [2.45, 2.75) is 19.3 Å². The molecule has 35 heavy (non-hydrogen) atoms. The second kappa shape index (κ2) is 9.25. The summed E-state index contributed by atoms with van der Waals surface area (Å²) in [5.41, 5.74) is 1.67. The number of carbonyl (C=O) groups excluding carboxylic acids is 4. The number of methoxy groups -OCH3 is 1. The Kier molecular flexibility index (Phi) is 5.98. The van der Waals surface area contributed by atoms with E-state index in [1.165, 1.54) is 7.11 Å². The van der Waals surface area contributed by atoms with Crippen LogP contribution in [0.25, 0.3) is 21.9 Å². The molecule has 1 fully saturated rings. The summed E-state index contributed by atoms with van der Waals surface area (Å²) in [6.07, 6.45) is 4.72. The number of anilines is 1. The number of nitrogens with one attached hydrogen (secondary N) is 1. The zero-order valence-electron chi connectivity index (χ0n) is 19.1. The molecule has 0 spiro atoms. The van der Waals surface area contributed by atoms with Crippen LogP contribution in [-0.4, -0.2) is 48.9 Å². The molecule has 2 atom stereocenters. The quantitative estimate of drug-likeness (QED) is 0.316. The Balaban J connectivity index is 1.17. The first-order valence-electron chi connectivity index (χ1n) is 11.4. The lowest BCUT2D eigenvalue weighted by molar-refractivity contribution is -0.148. The van der Waals surface area contributed by atoms with Gasteiger partial charge in [-0.3, -0.25) is 24.1 Å². The Morgan fingerprint density at radius 1 is 1.03 bits per heavy atom. The Labute approximate surface area is 200 Å². The van der Waals surface area contributed by atoms with Gasteiger partial charge in [0.2, 0.25) is 11.8 Å². The third-order valence-corrected chi connectivity index (χ3v) is 6.48. The number of rotatable bonds is 7. The fraction of sp³-hybridized carbons (Fsp3) is 0.308. The van der Waals surface area contributed by atoms with E-state index in [1.54, 1.807) is 12.1 Å². The number of ether oxygens (including phenoxy) is 2. The minimum atomic E-state index is -0.673. The highest BCUT2D eigenvalue weighted by Crippen LogP contribution is 2.37. The molecule has 0 unspecified atom stereocenters. The van der Waals surface area contributed by atoms with Gasteiger partial charge in [-0.15, -0.1) is 0 Å². The maximum atomic E-state index is 12.5. The minimum Gasteiger partial charge on any atom is -0.495 e. The van der Waals surface area contributed by atoms with Crippen molar-refractivity contribution >= 4 is 51.3 Å². The van der Waals surface area contributed by atoms with Gasteiger partial charge in [-0.2, -0.15) is 0 Å². The molecule has 1 aliphatic heterocycles. The number of esters is 1. The number of carbonyl (C=O) groups is 4. The number of imide groups is 1. The van der Waals surface area contributed by atoms with Crippen LogP contribution in [0.1, 0.15) is 19.3 Å². The second-order valence-corrected chi connectivity index (χ2v) is 8.59. The minimum absolute atomic E-state index is 0.0539. The van der Waals surface area contributed by atoms with E-state index in [4.69, 9.17) is 13.9 Å². The van der Waals surface area contributed by atoms with Crippen molar-refractivity contribution in [2.24, 2.45) is 11.8 Å². The molecule has 5 rings (SSSR count). The summed E-state index contributed by atoms with van der Waals surface area (Å²) in [7, 11) is 1.49. The fourth-order valence-corrected chi connectivity index (χ4v) is 4.72. The summed E-state index contributed by atoms with van der Waals surface area (Å²) in [5, 5.41) is 4.45. The molecule has 0 bridgehead atoms. The van der Waals surface area contributed by atoms with Gasteiger partial charge in [0.1, 0.15) is 16.9 Å². The van der Waals surface area contributed by atoms with E-state index in [9.17, 15) is 19.2 Å². The van der Waals surface area contributed by atoms with Gasteiger partial charge in [0.05, 0.1) is 31.1 Å². The molecule has 2 aliphatic rings. The average molecular weight is 476 g/mol. The van der Waals surface area contributed by atoms with Gasteiger partial charge in [-0.25, -0.2) is 0 Å². The van der Waals surface area contributed by atoms with Crippen LogP contribution in [0.3, 0.4) is 0 Å². The summed E-state index contributed by atoms with van der Waals surface area (Å²) >= 11 is 0. The number of allylic oxidation sites excluding steroid dienone is 2. The lowest BCUT2D eigenvalue weighted by Crippen LogP contribution is -2.33. The number of furan rings is 1. The largest absolute Gasteiger partial charge is 0.495 e. The molecule has 0 saturated carbocycles. The highest BCUT2D eigenvalue weighted by molar-refractivity contribution is 6.08. The Morgan fingerprint density at radius 3 is 2.46 bits per heavy atom. The van der Waals surface area contributed by atoms with E-state index in [0.717, 1.165) is 15.7 Å². The standard InChI is InChI=1S/C26H24N2O7/c1-33-22-12-18-15-6-4-5-9-20(15)35-21(18)13-19(22)27-23(29)14-34-24(30)10-11-28-25(31)16-7-2-3-8-17(16)26(28)32/h2-6,9,12-13,16-17H,7-8,10-11,14H2,1H3,(H,27,29)/t16-,17-/m0/s1. The van der Waals surface area contributed by atoms with Gasteiger partial charge < -0.3 is 19.2 Å². The summed E-state index contributed by atoms with van der Waals surface area (Å²) < 4.78 is 16.3. The number of nitrogens with zero attached hydrogens (tertiary/aromatic N) is 1. The van der Waals surface area contributed by atoms with Crippen LogP contribution >= 0.6 is 0 Å². The lowest BCUT2D eigenvalue weighted by Gasteiger charge is -2.14. The molecule has 2 aromatic carbocycles. The third-order valence-electron chi connectivity index (χ3n) is 6.48. The molecule has 1 N–H and O–H groups in total. The maximum absolute atomic E-state index is 12.5. The molecule has 1 aliphatic carbocycles. The van der Waals surface area contributed by atoms with Gasteiger partial charge in [0.25, 0.3) is 5.91 Å². The van der Waals surface area contributed by atoms with Crippen molar-refractivity contribution in [3.8, 4) is 5.75 Å². The van der Waals surface area contributed by atoms with E-state index < -0.39 is 18.5 Å². The zero-order chi connectivity index (χ0) is 24.5. The number of para-hydroxylation sites is 1. The van der Waals surface area contributed by atoms with Gasteiger partial charge in [0, 0.05) is 23.4 Å². The highest BCUT2D eigenvalue weighted by Gasteiger charge is 2.46. The van der Waals surface area contributed by atoms with Crippen molar-refractivity contribution in [3.63, 3.8) is 0 Å². The monoisotopic (exact) mass is 476 g/mol. The summed E-state index contributed by atoms with van der Waals surface area (Å²) in [6, 6.07) is 11.0. The summed E-state index contributed by atoms with van der Waals surface area (Å²) in [4.78, 5) is 50.7. The van der Waals surface area contributed by atoms with E-state index in [0.29, 0.717) is 35.4 Å². The van der Waals surface area contributed by atoms with Crippen molar-refractivity contribution in [1.82, 2.24) is 4.90 Å². The topological polar surface area (TPSA) is 115 Å². The lowest BCUT2D eigenvalue weighted by atomic mass is 9.85. The van der Waals surface area contributed by atoms with Gasteiger partial charge >= 0.3 is 5.97 Å². The SMILES string of the molecule is COc1cc2c(cc1NC(=O)COC(=O)CCN1C(=O)[C@H]3CC=CC[C@@H]3C1=O)oc1ccccc12. The van der Waals surface area contributed by atoms with Gasteiger partial charge in [0.15, 0.2) is 6.61 Å². The van der Waals surface area contributed by atoms with Crippen LogP contribution in [0.4, 0.5) is 5.69 Å². The van der Waals surface area contributed by atoms with Crippen LogP contribution in [0.15, 0.2) is 53.0 Å². The molecule has 0 radical (unpaired) electrons. The van der Waals surface area contributed by atoms with Crippen LogP contribution in [0.2, 0.25) is 0 Å². The molecule has 2 heterocycles. The normalized spacial score (nSPS) is 19.3. The number of benzene rings is 2. The van der Waals surface area contributed by atoms with Crippen molar-refractivity contribution in [2.75, 3.05) is 25.6 Å². The van der Waals surface area contributed by atoms with Crippen molar-refractivity contribution in [1.29, 1.82) is 0 Å². The van der Waals surface area contributed by atoms with Crippen molar-refractivity contribution in [3.05, 3.63) is 48.6 Å². The Morgan fingerprint density at radius 2 is 1.74 bits per heavy atom. The molecular formula is C26H24N2O7. The predicted octanol–water partition coefficient (Wildman–Crippen LogP) is 3.42. The molecule has 1 aromatic heterocycles. The van der Waals surface area contributed by atoms with Crippen LogP contribution in [0, 0.1) is 11.8 Å². The van der Waals surface area contributed by atoms with E-state index in [2.05, 4.69) is 5.32 Å². The fourth-order valence-electron chi connectivity index (χ4n) is 4.72. The number of hydrogen-bond acceptors (Lipinski definition) is 7. The van der Waals surface area contributed by atoms with Crippen LogP contribution in [0.5, 0.6) is 5.75 Å². The second-order valence-electron chi connectivity index (χ2n) is 8.59. The molecule has 9 heteroatoms. The molecule has 9 nitrogen and oxygen atoms in total. The van der Waals surface area contributed by atoms with E-state index in [1.807, 2.05) is 36.4 Å². The Bertz CT molecular complexity index is 1350. The van der Waals surface area contributed by atoms with E-state index in [-0.39, 0.29) is 36.6 Å². The molecule has 3 aromatic rings. The Hall–Kier alpha value is -4.14.